The largest absolute Gasteiger partial charge is 0.459 e. The molecule has 0 spiro atoms. The molecular weight excluding hydrogens is 400 g/mol. The second kappa shape index (κ2) is 11.7. The molecule has 0 fully saturated rings. The molecule has 0 bridgehead atoms. The van der Waals surface area contributed by atoms with Crippen LogP contribution in [0.5, 0.6) is 0 Å². The summed E-state index contributed by atoms with van der Waals surface area (Å²) in [7, 11) is 0. The van der Waals surface area contributed by atoms with Gasteiger partial charge in [0, 0.05) is 40.2 Å². The van der Waals surface area contributed by atoms with Gasteiger partial charge in [0.2, 0.25) is 0 Å². The highest BCUT2D eigenvalue weighted by Crippen LogP contribution is 2.21. The average molecular weight is 426 g/mol. The summed E-state index contributed by atoms with van der Waals surface area (Å²) in [6, 6.07) is 0. The SMILES string of the molecule is CC(=O)O[C@H]([C@H](OC(C)=O)[C@H](C)OC(C)=O)[C@@H](/C=C/[C@@H]1CC=CC(=O)O1)OC(C)=O. The molecule has 1 heterocycles. The number of rotatable bonds is 9. The van der Waals surface area contributed by atoms with E-state index in [1.807, 2.05) is 0 Å². The van der Waals surface area contributed by atoms with Crippen LogP contribution in [0.2, 0.25) is 0 Å². The van der Waals surface area contributed by atoms with Crippen LogP contribution in [0.3, 0.4) is 0 Å². The van der Waals surface area contributed by atoms with E-state index in [1.54, 1.807) is 6.08 Å². The van der Waals surface area contributed by atoms with Gasteiger partial charge in [-0.1, -0.05) is 6.08 Å². The first kappa shape index (κ1) is 24.9. The molecule has 30 heavy (non-hydrogen) atoms. The van der Waals surface area contributed by atoms with Gasteiger partial charge in [-0.2, -0.15) is 0 Å². The normalized spacial score (nSPS) is 19.8. The highest BCUT2D eigenvalue weighted by atomic mass is 16.6. The van der Waals surface area contributed by atoms with Gasteiger partial charge in [-0.25, -0.2) is 4.79 Å². The zero-order valence-corrected chi connectivity index (χ0v) is 17.5. The molecule has 0 aromatic rings. The van der Waals surface area contributed by atoms with Gasteiger partial charge in [-0.05, 0) is 19.1 Å². The molecule has 10 heteroatoms. The van der Waals surface area contributed by atoms with Crippen molar-refractivity contribution >= 4 is 29.8 Å². The number of carbonyl (C=O) groups excluding carboxylic acids is 5. The number of hydrogen-bond donors (Lipinski definition) is 0. The van der Waals surface area contributed by atoms with Gasteiger partial charge in [-0.15, -0.1) is 0 Å². The van der Waals surface area contributed by atoms with E-state index in [0.717, 1.165) is 27.7 Å². The molecule has 1 rings (SSSR count). The summed E-state index contributed by atoms with van der Waals surface area (Å²) in [5.41, 5.74) is 0. The van der Waals surface area contributed by atoms with Crippen molar-refractivity contribution in [3.8, 4) is 0 Å². The smallest absolute Gasteiger partial charge is 0.331 e. The van der Waals surface area contributed by atoms with E-state index >= 15 is 0 Å². The van der Waals surface area contributed by atoms with Crippen LogP contribution in [-0.2, 0) is 47.7 Å². The van der Waals surface area contributed by atoms with E-state index in [4.69, 9.17) is 23.7 Å². The summed E-state index contributed by atoms with van der Waals surface area (Å²) in [5, 5.41) is 0. The van der Waals surface area contributed by atoms with Crippen LogP contribution < -0.4 is 0 Å². The van der Waals surface area contributed by atoms with Crippen LogP contribution in [0.4, 0.5) is 0 Å². The molecule has 1 aliphatic heterocycles. The van der Waals surface area contributed by atoms with Crippen molar-refractivity contribution in [2.24, 2.45) is 0 Å². The lowest BCUT2D eigenvalue weighted by Gasteiger charge is -2.33. The zero-order chi connectivity index (χ0) is 22.8. The maximum Gasteiger partial charge on any atom is 0.331 e. The van der Waals surface area contributed by atoms with Crippen molar-refractivity contribution in [1.29, 1.82) is 0 Å². The molecule has 0 N–H and O–H groups in total. The predicted molar refractivity (Wildman–Crippen MR) is 101 cm³/mol. The van der Waals surface area contributed by atoms with Gasteiger partial charge in [-0.3, -0.25) is 19.2 Å². The fraction of sp³-hybridized carbons (Fsp3) is 0.550. The number of carbonyl (C=O) groups is 5. The summed E-state index contributed by atoms with van der Waals surface area (Å²) in [4.78, 5) is 57.8. The molecule has 1 aliphatic rings. The molecule has 0 saturated carbocycles. The molecule has 0 amide bonds. The van der Waals surface area contributed by atoms with E-state index in [1.165, 1.54) is 25.2 Å². The van der Waals surface area contributed by atoms with Crippen molar-refractivity contribution in [2.75, 3.05) is 0 Å². The van der Waals surface area contributed by atoms with E-state index < -0.39 is 60.4 Å². The Hall–Kier alpha value is -3.17. The van der Waals surface area contributed by atoms with Crippen LogP contribution in [0.15, 0.2) is 24.3 Å². The van der Waals surface area contributed by atoms with Crippen LogP contribution in [0.1, 0.15) is 41.0 Å². The third-order valence-corrected chi connectivity index (χ3v) is 3.77. The monoisotopic (exact) mass is 426 g/mol. The highest BCUT2D eigenvalue weighted by Gasteiger charge is 2.40. The van der Waals surface area contributed by atoms with Crippen molar-refractivity contribution < 1.29 is 47.7 Å². The van der Waals surface area contributed by atoms with E-state index in [-0.39, 0.29) is 0 Å². The minimum atomic E-state index is -1.34. The Kier molecular flexibility index (Phi) is 9.73. The van der Waals surface area contributed by atoms with E-state index in [0.29, 0.717) is 6.42 Å². The summed E-state index contributed by atoms with van der Waals surface area (Å²) in [5.74, 6) is -3.36. The average Bonchev–Trinajstić information content (AvgIpc) is 2.60. The fourth-order valence-corrected chi connectivity index (χ4v) is 2.76. The minimum absolute atomic E-state index is 0.393. The molecule has 0 aliphatic carbocycles. The molecule has 0 saturated heterocycles. The lowest BCUT2D eigenvalue weighted by atomic mass is 10.0. The third kappa shape index (κ3) is 8.89. The maximum absolute atomic E-state index is 11.7. The van der Waals surface area contributed by atoms with Gasteiger partial charge < -0.3 is 23.7 Å². The fourth-order valence-electron chi connectivity index (χ4n) is 2.76. The summed E-state index contributed by atoms with van der Waals surface area (Å²) < 4.78 is 26.0. The Morgan fingerprint density at radius 3 is 1.97 bits per heavy atom. The summed E-state index contributed by atoms with van der Waals surface area (Å²) >= 11 is 0. The second-order valence-electron chi connectivity index (χ2n) is 6.54. The van der Waals surface area contributed by atoms with E-state index in [2.05, 4.69) is 0 Å². The molecule has 166 valence electrons. The third-order valence-electron chi connectivity index (χ3n) is 3.77. The Morgan fingerprint density at radius 1 is 0.933 bits per heavy atom. The highest BCUT2D eigenvalue weighted by molar-refractivity contribution is 5.83. The molecule has 0 aromatic carbocycles. The molecule has 0 radical (unpaired) electrons. The summed E-state index contributed by atoms with van der Waals surface area (Å²) in [6.45, 7) is 6.00. The Bertz CT molecular complexity index is 723. The molecule has 10 nitrogen and oxygen atoms in total. The first-order chi connectivity index (χ1) is 14.0. The lowest BCUT2D eigenvalue weighted by molar-refractivity contribution is -0.193. The Morgan fingerprint density at radius 2 is 1.47 bits per heavy atom. The van der Waals surface area contributed by atoms with Crippen molar-refractivity contribution in [1.82, 2.24) is 0 Å². The topological polar surface area (TPSA) is 132 Å². The van der Waals surface area contributed by atoms with Crippen LogP contribution in [0.25, 0.3) is 0 Å². The van der Waals surface area contributed by atoms with Gasteiger partial charge >= 0.3 is 29.8 Å². The Balaban J connectivity index is 3.26. The van der Waals surface area contributed by atoms with E-state index in [9.17, 15) is 24.0 Å². The first-order valence-corrected chi connectivity index (χ1v) is 9.24. The molecule has 0 aromatic heterocycles. The molecule has 0 unspecified atom stereocenters. The van der Waals surface area contributed by atoms with Crippen LogP contribution in [-0.4, -0.2) is 60.4 Å². The van der Waals surface area contributed by atoms with Crippen LogP contribution >= 0.6 is 0 Å². The van der Waals surface area contributed by atoms with Gasteiger partial charge in [0.05, 0.1) is 0 Å². The molecular formula is C20H26O10. The van der Waals surface area contributed by atoms with Gasteiger partial charge in [0.1, 0.15) is 12.2 Å². The number of cyclic esters (lactones) is 1. The maximum atomic E-state index is 11.7. The molecule has 5 atom stereocenters. The first-order valence-electron chi connectivity index (χ1n) is 9.24. The number of ether oxygens (including phenoxy) is 5. The quantitative estimate of drug-likeness (QED) is 0.300. The zero-order valence-electron chi connectivity index (χ0n) is 17.5. The van der Waals surface area contributed by atoms with Gasteiger partial charge in [0.25, 0.3) is 0 Å². The second-order valence-corrected chi connectivity index (χ2v) is 6.54. The number of esters is 5. The van der Waals surface area contributed by atoms with Gasteiger partial charge in [0.15, 0.2) is 18.3 Å². The number of hydrogen-bond acceptors (Lipinski definition) is 10. The predicted octanol–water partition coefficient (Wildman–Crippen LogP) is 1.16. The summed E-state index contributed by atoms with van der Waals surface area (Å²) in [6.07, 6.45) is 0.629. The Labute approximate surface area is 174 Å². The van der Waals surface area contributed by atoms with Crippen molar-refractivity contribution in [3.05, 3.63) is 24.3 Å². The van der Waals surface area contributed by atoms with Crippen LogP contribution in [0, 0.1) is 0 Å². The minimum Gasteiger partial charge on any atom is -0.459 e. The van der Waals surface area contributed by atoms with Crippen molar-refractivity contribution in [2.45, 2.75) is 71.6 Å². The lowest BCUT2D eigenvalue weighted by Crippen LogP contribution is -2.50. The van der Waals surface area contributed by atoms with Crippen molar-refractivity contribution in [3.63, 3.8) is 0 Å². The standard InChI is InChI=1S/C20H26O10/c1-11(26-12(2)21)19(28-14(4)23)20(29-15(5)24)17(27-13(3)22)10-9-16-7-6-8-18(25)30-16/h6,8-11,16-17,19-20H,7H2,1-5H3/b10-9+/t11-,16-,17+,19+,20-/m0/s1.